The molecule has 2 aliphatic rings. The van der Waals surface area contributed by atoms with Crippen molar-refractivity contribution in [1.29, 1.82) is 0 Å². The molecule has 0 aromatic rings. The number of hydrogen-bond acceptors (Lipinski definition) is 4. The van der Waals surface area contributed by atoms with Gasteiger partial charge in [-0.2, -0.15) is 4.31 Å². The van der Waals surface area contributed by atoms with E-state index in [1.54, 1.807) is 0 Å². The number of rotatable bonds is 4. The van der Waals surface area contributed by atoms with Gasteiger partial charge in [-0.1, -0.05) is 6.42 Å². The number of sulfonamides is 1. The molecule has 2 rings (SSSR count). The quantitative estimate of drug-likeness (QED) is 0.823. The zero-order chi connectivity index (χ0) is 14.9. The largest absolute Gasteiger partial charge is 0.481 e. The van der Waals surface area contributed by atoms with Gasteiger partial charge in [-0.3, -0.25) is 9.69 Å². The summed E-state index contributed by atoms with van der Waals surface area (Å²) < 4.78 is 26.7. The smallest absolute Gasteiger partial charge is 0.307 e. The van der Waals surface area contributed by atoms with Gasteiger partial charge < -0.3 is 5.11 Å². The summed E-state index contributed by atoms with van der Waals surface area (Å²) in [6.45, 7) is 6.60. The van der Waals surface area contributed by atoms with Crippen LogP contribution in [0.3, 0.4) is 0 Å². The van der Waals surface area contributed by atoms with Crippen LogP contribution in [0, 0.1) is 5.92 Å². The van der Waals surface area contributed by atoms with Gasteiger partial charge in [0.05, 0.1) is 11.2 Å². The Morgan fingerprint density at radius 3 is 2.25 bits per heavy atom. The Kier molecular flexibility index (Phi) is 4.71. The van der Waals surface area contributed by atoms with Gasteiger partial charge in [0.25, 0.3) is 0 Å². The van der Waals surface area contributed by atoms with E-state index in [1.807, 2.05) is 0 Å². The highest BCUT2D eigenvalue weighted by Crippen LogP contribution is 2.33. The molecule has 0 radical (unpaired) electrons. The molecular formula is C13H24N2O4S. The molecule has 20 heavy (non-hydrogen) atoms. The summed E-state index contributed by atoms with van der Waals surface area (Å²) in [4.78, 5) is 13.4. The number of hydrogen-bond donors (Lipinski definition) is 1. The zero-order valence-electron chi connectivity index (χ0n) is 12.2. The summed E-state index contributed by atoms with van der Waals surface area (Å²) in [7, 11) is -3.48. The molecule has 1 saturated heterocycles. The third-order valence-electron chi connectivity index (χ3n) is 4.52. The van der Waals surface area contributed by atoms with Gasteiger partial charge >= 0.3 is 5.97 Å². The molecule has 2 atom stereocenters. The third-order valence-corrected chi connectivity index (χ3v) is 6.93. The predicted octanol–water partition coefficient (Wildman–Crippen LogP) is 0.596. The maximum atomic E-state index is 12.6. The molecule has 1 N–H and O–H groups in total. The van der Waals surface area contributed by atoms with Crippen molar-refractivity contribution in [2.75, 3.05) is 26.2 Å². The molecule has 0 spiro atoms. The molecule has 1 aliphatic carbocycles. The van der Waals surface area contributed by atoms with Crippen LogP contribution in [0.25, 0.3) is 0 Å². The van der Waals surface area contributed by atoms with E-state index in [0.29, 0.717) is 38.4 Å². The Morgan fingerprint density at radius 2 is 1.75 bits per heavy atom. The second-order valence-electron chi connectivity index (χ2n) is 5.99. The van der Waals surface area contributed by atoms with Crippen LogP contribution in [0.1, 0.15) is 33.1 Å². The van der Waals surface area contributed by atoms with E-state index < -0.39 is 27.2 Å². The molecule has 7 heteroatoms. The SMILES string of the molecule is CC(C)N1CCN(S(=O)(=O)C2CCCC2C(=O)O)CC1. The second kappa shape index (κ2) is 5.99. The number of carbonyl (C=O) groups is 1. The van der Waals surface area contributed by atoms with Gasteiger partial charge in [0.2, 0.25) is 10.0 Å². The lowest BCUT2D eigenvalue weighted by atomic mass is 10.1. The van der Waals surface area contributed by atoms with Crippen LogP contribution < -0.4 is 0 Å². The van der Waals surface area contributed by atoms with Gasteiger partial charge in [-0.05, 0) is 26.7 Å². The molecule has 1 aliphatic heterocycles. The maximum Gasteiger partial charge on any atom is 0.307 e. The van der Waals surface area contributed by atoms with Crippen LogP contribution in [0.2, 0.25) is 0 Å². The van der Waals surface area contributed by atoms with Gasteiger partial charge in [-0.15, -0.1) is 0 Å². The first-order chi connectivity index (χ1) is 9.34. The van der Waals surface area contributed by atoms with Crippen LogP contribution in [-0.2, 0) is 14.8 Å². The first-order valence-corrected chi connectivity index (χ1v) is 8.80. The number of aliphatic carboxylic acids is 1. The number of piperazine rings is 1. The van der Waals surface area contributed by atoms with E-state index in [0.717, 1.165) is 13.1 Å². The molecule has 0 bridgehead atoms. The number of carboxylic acids is 1. The average Bonchev–Trinajstić information content (AvgIpc) is 2.89. The van der Waals surface area contributed by atoms with Crippen LogP contribution >= 0.6 is 0 Å². The average molecular weight is 304 g/mol. The maximum absolute atomic E-state index is 12.6. The molecule has 0 aromatic carbocycles. The fraction of sp³-hybridized carbons (Fsp3) is 0.923. The van der Waals surface area contributed by atoms with Gasteiger partial charge in [-0.25, -0.2) is 8.42 Å². The zero-order valence-corrected chi connectivity index (χ0v) is 13.0. The standard InChI is InChI=1S/C13H24N2O4S/c1-10(2)14-6-8-15(9-7-14)20(18,19)12-5-3-4-11(12)13(16)17/h10-12H,3-9H2,1-2H3,(H,16,17). The molecule has 6 nitrogen and oxygen atoms in total. The van der Waals surface area contributed by atoms with E-state index in [2.05, 4.69) is 18.7 Å². The van der Waals surface area contributed by atoms with E-state index >= 15 is 0 Å². The minimum Gasteiger partial charge on any atom is -0.481 e. The lowest BCUT2D eigenvalue weighted by Crippen LogP contribution is -2.53. The highest BCUT2D eigenvalue weighted by atomic mass is 32.2. The van der Waals surface area contributed by atoms with E-state index in [-0.39, 0.29) is 0 Å². The molecule has 0 amide bonds. The first-order valence-electron chi connectivity index (χ1n) is 7.30. The van der Waals surface area contributed by atoms with Gasteiger partial charge in [0.15, 0.2) is 0 Å². The Labute approximate surface area is 120 Å². The van der Waals surface area contributed by atoms with Gasteiger partial charge in [0, 0.05) is 32.2 Å². The molecule has 0 aromatic heterocycles. The Bertz CT molecular complexity index is 455. The third kappa shape index (κ3) is 2.99. The van der Waals surface area contributed by atoms with Crippen molar-refractivity contribution in [2.24, 2.45) is 5.92 Å². The lowest BCUT2D eigenvalue weighted by molar-refractivity contribution is -0.141. The van der Waals surface area contributed by atoms with Crippen molar-refractivity contribution in [3.8, 4) is 0 Å². The monoisotopic (exact) mass is 304 g/mol. The molecule has 2 unspecified atom stereocenters. The fourth-order valence-electron chi connectivity index (χ4n) is 3.23. The topological polar surface area (TPSA) is 77.9 Å². The van der Waals surface area contributed by atoms with Gasteiger partial charge in [0.1, 0.15) is 0 Å². The molecule has 1 saturated carbocycles. The molecule has 1 heterocycles. The second-order valence-corrected chi connectivity index (χ2v) is 8.14. The highest BCUT2D eigenvalue weighted by Gasteiger charge is 2.44. The Hall–Kier alpha value is -0.660. The van der Waals surface area contributed by atoms with Crippen LogP contribution in [0.4, 0.5) is 0 Å². The normalized spacial score (nSPS) is 29.9. The minimum absolute atomic E-state index is 0.415. The first kappa shape index (κ1) is 15.7. The van der Waals surface area contributed by atoms with Crippen molar-refractivity contribution < 1.29 is 18.3 Å². The molecule has 2 fully saturated rings. The van der Waals surface area contributed by atoms with Crippen molar-refractivity contribution in [2.45, 2.75) is 44.4 Å². The van der Waals surface area contributed by atoms with Crippen molar-refractivity contribution in [1.82, 2.24) is 9.21 Å². The van der Waals surface area contributed by atoms with E-state index in [4.69, 9.17) is 5.11 Å². The lowest BCUT2D eigenvalue weighted by Gasteiger charge is -2.37. The molecular weight excluding hydrogens is 280 g/mol. The summed E-state index contributed by atoms with van der Waals surface area (Å²) in [6, 6.07) is 0.415. The minimum atomic E-state index is -3.48. The summed E-state index contributed by atoms with van der Waals surface area (Å²) in [6.07, 6.45) is 1.64. The van der Waals surface area contributed by atoms with E-state index in [1.165, 1.54) is 4.31 Å². The Morgan fingerprint density at radius 1 is 1.15 bits per heavy atom. The molecule has 116 valence electrons. The summed E-state index contributed by atoms with van der Waals surface area (Å²) in [5.41, 5.74) is 0. The predicted molar refractivity (Wildman–Crippen MR) is 76.0 cm³/mol. The van der Waals surface area contributed by atoms with Crippen LogP contribution in [0.5, 0.6) is 0 Å². The van der Waals surface area contributed by atoms with Crippen molar-refractivity contribution in [3.05, 3.63) is 0 Å². The Balaban J connectivity index is 2.06. The fourth-order valence-corrected chi connectivity index (χ4v) is 5.42. The van der Waals surface area contributed by atoms with Crippen molar-refractivity contribution in [3.63, 3.8) is 0 Å². The van der Waals surface area contributed by atoms with Crippen molar-refractivity contribution >= 4 is 16.0 Å². The van der Waals surface area contributed by atoms with Crippen LogP contribution in [0.15, 0.2) is 0 Å². The van der Waals surface area contributed by atoms with E-state index in [9.17, 15) is 13.2 Å². The number of carboxylic acid groups (broad SMARTS) is 1. The summed E-state index contributed by atoms with van der Waals surface area (Å²) >= 11 is 0. The highest BCUT2D eigenvalue weighted by molar-refractivity contribution is 7.89. The summed E-state index contributed by atoms with van der Waals surface area (Å²) in [5.74, 6) is -1.71. The number of nitrogens with zero attached hydrogens (tertiary/aromatic N) is 2. The summed E-state index contributed by atoms with van der Waals surface area (Å²) in [5, 5.41) is 8.44. The van der Waals surface area contributed by atoms with Crippen LogP contribution in [-0.4, -0.2) is 66.2 Å².